The van der Waals surface area contributed by atoms with E-state index in [9.17, 15) is 4.39 Å². The highest BCUT2D eigenvalue weighted by atomic mass is 35.5. The van der Waals surface area contributed by atoms with Gasteiger partial charge in [0.25, 0.3) is 0 Å². The summed E-state index contributed by atoms with van der Waals surface area (Å²) >= 11 is 7.96. The molecule has 114 valence electrons. The number of alkyl halides is 1. The number of fused-ring (bicyclic) bond motifs is 1. The number of nitrogens with zero attached hydrogens (tertiary/aromatic N) is 2. The van der Waals surface area contributed by atoms with Crippen molar-refractivity contribution in [2.24, 2.45) is 0 Å². The maximum atomic E-state index is 13.8. The molecule has 1 aromatic carbocycles. The molecule has 3 rings (SSSR count). The summed E-state index contributed by atoms with van der Waals surface area (Å²) in [6.07, 6.45) is 4.62. The highest BCUT2D eigenvalue weighted by Crippen LogP contribution is 2.29. The average molecular weight is 327 g/mol. The maximum Gasteiger partial charge on any atom is 0.128 e. The molecule has 1 aromatic heterocycles. The highest BCUT2D eigenvalue weighted by molar-refractivity contribution is 7.99. The van der Waals surface area contributed by atoms with E-state index in [-0.39, 0.29) is 5.82 Å². The number of hydrogen-bond acceptors (Lipinski definition) is 2. The van der Waals surface area contributed by atoms with Crippen molar-refractivity contribution in [1.82, 2.24) is 9.55 Å². The number of aryl methyl sites for hydroxylation is 2. The van der Waals surface area contributed by atoms with Crippen LogP contribution in [0, 0.1) is 12.7 Å². The molecule has 2 heterocycles. The number of thioether (sulfide) groups is 1. The number of hydrogen-bond donors (Lipinski definition) is 0. The zero-order chi connectivity index (χ0) is 14.8. The molecule has 1 unspecified atom stereocenters. The van der Waals surface area contributed by atoms with Gasteiger partial charge in [-0.25, -0.2) is 9.37 Å². The smallest absolute Gasteiger partial charge is 0.128 e. The first-order valence-corrected chi connectivity index (χ1v) is 9.10. The Morgan fingerprint density at radius 3 is 3.00 bits per heavy atom. The first-order valence-electron chi connectivity index (χ1n) is 7.52. The summed E-state index contributed by atoms with van der Waals surface area (Å²) in [5.41, 5.74) is 2.47. The third-order valence-corrected chi connectivity index (χ3v) is 5.66. The van der Waals surface area contributed by atoms with Crippen molar-refractivity contribution in [1.29, 1.82) is 0 Å². The van der Waals surface area contributed by atoms with Crippen molar-refractivity contribution in [2.45, 2.75) is 44.4 Å². The fourth-order valence-corrected chi connectivity index (χ4v) is 4.40. The van der Waals surface area contributed by atoms with Crippen molar-refractivity contribution >= 4 is 34.4 Å². The number of rotatable bonds is 4. The van der Waals surface area contributed by atoms with E-state index < -0.39 is 0 Å². The third kappa shape index (κ3) is 3.21. The van der Waals surface area contributed by atoms with Crippen LogP contribution in [0.3, 0.4) is 0 Å². The predicted octanol–water partition coefficient (Wildman–Crippen LogP) is 4.55. The van der Waals surface area contributed by atoms with Gasteiger partial charge in [0, 0.05) is 30.2 Å². The lowest BCUT2D eigenvalue weighted by Gasteiger charge is -2.23. The number of aromatic nitrogens is 2. The molecule has 0 bridgehead atoms. The van der Waals surface area contributed by atoms with E-state index in [1.54, 1.807) is 6.07 Å². The van der Waals surface area contributed by atoms with Gasteiger partial charge in [0.1, 0.15) is 11.6 Å². The monoisotopic (exact) mass is 326 g/mol. The van der Waals surface area contributed by atoms with Crippen molar-refractivity contribution in [3.63, 3.8) is 0 Å². The third-order valence-electron chi connectivity index (χ3n) is 4.09. The van der Waals surface area contributed by atoms with Crippen LogP contribution >= 0.6 is 23.4 Å². The average Bonchev–Trinajstić information content (AvgIpc) is 2.79. The highest BCUT2D eigenvalue weighted by Gasteiger charge is 2.19. The molecule has 1 aliphatic heterocycles. The topological polar surface area (TPSA) is 17.8 Å². The second-order valence-corrected chi connectivity index (χ2v) is 7.44. The lowest BCUT2D eigenvalue weighted by atomic mass is 10.1. The molecule has 0 radical (unpaired) electrons. The molecule has 5 heteroatoms. The largest absolute Gasteiger partial charge is 0.327 e. The van der Waals surface area contributed by atoms with Gasteiger partial charge in [0.15, 0.2) is 0 Å². The van der Waals surface area contributed by atoms with Gasteiger partial charge < -0.3 is 4.57 Å². The molecule has 1 atom stereocenters. The van der Waals surface area contributed by atoms with Crippen molar-refractivity contribution in [2.75, 3.05) is 11.6 Å². The van der Waals surface area contributed by atoms with Gasteiger partial charge in [0.05, 0.1) is 11.0 Å². The fraction of sp³-hybridized carbons (Fsp3) is 0.562. The van der Waals surface area contributed by atoms with E-state index in [0.717, 1.165) is 29.8 Å². The van der Waals surface area contributed by atoms with Gasteiger partial charge >= 0.3 is 0 Å². The quantitative estimate of drug-likeness (QED) is 0.767. The van der Waals surface area contributed by atoms with Gasteiger partial charge in [0.2, 0.25) is 0 Å². The first-order chi connectivity index (χ1) is 10.2. The van der Waals surface area contributed by atoms with Crippen LogP contribution in [0.5, 0.6) is 0 Å². The zero-order valence-corrected chi connectivity index (χ0v) is 13.8. The molecule has 21 heavy (non-hydrogen) atoms. The summed E-state index contributed by atoms with van der Waals surface area (Å²) in [6, 6.07) is 3.47. The molecular formula is C16H20ClFN2S. The molecule has 1 fully saturated rings. The number of imidazole rings is 1. The van der Waals surface area contributed by atoms with Crippen molar-refractivity contribution in [3.05, 3.63) is 29.3 Å². The molecule has 0 amide bonds. The second kappa shape index (κ2) is 6.57. The molecule has 0 N–H and O–H groups in total. The molecule has 0 saturated carbocycles. The van der Waals surface area contributed by atoms with E-state index >= 15 is 0 Å². The van der Waals surface area contributed by atoms with Gasteiger partial charge in [-0.1, -0.05) is 6.42 Å². The summed E-state index contributed by atoms with van der Waals surface area (Å²) in [7, 11) is 0. The summed E-state index contributed by atoms with van der Waals surface area (Å²) in [5, 5.41) is 0.635. The Labute approximate surface area is 134 Å². The van der Waals surface area contributed by atoms with Crippen LogP contribution in [0.25, 0.3) is 11.0 Å². The maximum absolute atomic E-state index is 13.8. The van der Waals surface area contributed by atoms with E-state index in [1.165, 1.54) is 25.0 Å². The van der Waals surface area contributed by atoms with E-state index in [4.69, 9.17) is 11.6 Å². The molecular weight excluding hydrogens is 307 g/mol. The Morgan fingerprint density at radius 1 is 1.43 bits per heavy atom. The van der Waals surface area contributed by atoms with Crippen LogP contribution in [-0.2, 0) is 13.0 Å². The van der Waals surface area contributed by atoms with Crippen LogP contribution in [0.4, 0.5) is 4.39 Å². The summed E-state index contributed by atoms with van der Waals surface area (Å²) < 4.78 is 16.0. The van der Waals surface area contributed by atoms with Gasteiger partial charge in [-0.2, -0.15) is 11.8 Å². The Bertz CT molecular complexity index is 635. The van der Waals surface area contributed by atoms with Crippen molar-refractivity contribution < 1.29 is 4.39 Å². The SMILES string of the molecule is Cc1cc2c(cc1F)nc(CCCl)n2CC1CCCCS1. The molecule has 0 aliphatic carbocycles. The molecule has 1 aliphatic rings. The molecule has 1 saturated heterocycles. The second-order valence-electron chi connectivity index (χ2n) is 5.66. The van der Waals surface area contributed by atoms with Gasteiger partial charge in [-0.05, 0) is 37.1 Å². The normalized spacial score (nSPS) is 19.3. The Morgan fingerprint density at radius 2 is 2.29 bits per heavy atom. The Balaban J connectivity index is 2.00. The Hall–Kier alpha value is -0.740. The Kier molecular flexibility index (Phi) is 4.75. The lowest BCUT2D eigenvalue weighted by molar-refractivity contribution is 0.577. The van der Waals surface area contributed by atoms with Gasteiger partial charge in [-0.15, -0.1) is 11.6 Å². The first kappa shape index (κ1) is 15.2. The zero-order valence-electron chi connectivity index (χ0n) is 12.2. The van der Waals surface area contributed by atoms with Crippen LogP contribution in [0.15, 0.2) is 12.1 Å². The minimum absolute atomic E-state index is 0.184. The van der Waals surface area contributed by atoms with Crippen LogP contribution < -0.4 is 0 Å². The molecule has 2 aromatic rings. The van der Waals surface area contributed by atoms with Crippen LogP contribution in [-0.4, -0.2) is 26.4 Å². The number of halogens is 2. The van der Waals surface area contributed by atoms with E-state index in [2.05, 4.69) is 9.55 Å². The summed E-state index contributed by atoms with van der Waals surface area (Å²) in [4.78, 5) is 4.60. The molecule has 0 spiro atoms. The number of benzene rings is 1. The minimum atomic E-state index is -0.184. The summed E-state index contributed by atoms with van der Waals surface area (Å²) in [6.45, 7) is 2.77. The summed E-state index contributed by atoms with van der Waals surface area (Å²) in [5.74, 6) is 2.59. The van der Waals surface area contributed by atoms with E-state index in [0.29, 0.717) is 16.7 Å². The van der Waals surface area contributed by atoms with Crippen LogP contribution in [0.2, 0.25) is 0 Å². The lowest BCUT2D eigenvalue weighted by Crippen LogP contribution is -2.18. The molecule has 2 nitrogen and oxygen atoms in total. The minimum Gasteiger partial charge on any atom is -0.327 e. The fourth-order valence-electron chi connectivity index (χ4n) is 2.93. The van der Waals surface area contributed by atoms with E-state index in [1.807, 2.05) is 24.8 Å². The standard InChI is InChI=1S/C16H20ClFN2S/c1-11-8-15-14(9-13(11)18)19-16(5-6-17)20(15)10-12-4-2-3-7-21-12/h8-9,12H,2-7,10H2,1H3. The van der Waals surface area contributed by atoms with Crippen LogP contribution in [0.1, 0.15) is 30.7 Å². The predicted molar refractivity (Wildman–Crippen MR) is 88.9 cm³/mol. The van der Waals surface area contributed by atoms with Crippen molar-refractivity contribution in [3.8, 4) is 0 Å². The van der Waals surface area contributed by atoms with Gasteiger partial charge in [-0.3, -0.25) is 0 Å².